The first-order valence-electron chi connectivity index (χ1n) is 5.93. The predicted octanol–water partition coefficient (Wildman–Crippen LogP) is 2.01. The Balaban J connectivity index is 0.000000181. The van der Waals surface area contributed by atoms with E-state index in [2.05, 4.69) is 30.7 Å². The number of carbonyl (C=O) groups is 1. The van der Waals surface area contributed by atoms with Crippen molar-refractivity contribution in [2.75, 3.05) is 13.1 Å². The number of carbonyl (C=O) groups excluding carboxylic acids is 1. The molecule has 0 aromatic carbocycles. The van der Waals surface area contributed by atoms with Gasteiger partial charge in [-0.2, -0.15) is 0 Å². The topological polar surface area (TPSA) is 46.1 Å². The van der Waals surface area contributed by atoms with E-state index in [9.17, 15) is 4.79 Å². The molecule has 2 heterocycles. The summed E-state index contributed by atoms with van der Waals surface area (Å²) in [6.07, 6.45) is 6.41. The second kappa shape index (κ2) is 5.75. The van der Waals surface area contributed by atoms with Gasteiger partial charge in [-0.15, -0.1) is 0 Å². The van der Waals surface area contributed by atoms with Crippen LogP contribution in [0.1, 0.15) is 39.8 Å². The van der Waals surface area contributed by atoms with Crippen LogP contribution in [0.4, 0.5) is 0 Å². The Hall–Kier alpha value is -1.45. The average molecular weight is 235 g/mol. The van der Waals surface area contributed by atoms with Crippen molar-refractivity contribution < 1.29 is 4.79 Å². The van der Waals surface area contributed by atoms with E-state index < -0.39 is 0 Å². The van der Waals surface area contributed by atoms with E-state index in [-0.39, 0.29) is 11.3 Å². The van der Waals surface area contributed by atoms with Gasteiger partial charge in [0.05, 0.1) is 5.69 Å². The third-order valence-electron chi connectivity index (χ3n) is 2.63. The van der Waals surface area contributed by atoms with Crippen molar-refractivity contribution in [2.24, 2.45) is 0 Å². The van der Waals surface area contributed by atoms with E-state index in [1.807, 2.05) is 4.90 Å². The van der Waals surface area contributed by atoms with Gasteiger partial charge in [-0.1, -0.05) is 20.8 Å². The minimum absolute atomic E-state index is 0.119. The molecule has 94 valence electrons. The summed E-state index contributed by atoms with van der Waals surface area (Å²) >= 11 is 0. The summed E-state index contributed by atoms with van der Waals surface area (Å²) in [5, 5.41) is 0. The van der Waals surface area contributed by atoms with Gasteiger partial charge in [0.2, 0.25) is 5.91 Å². The Morgan fingerprint density at radius 2 is 1.94 bits per heavy atom. The van der Waals surface area contributed by atoms with Crippen LogP contribution in [0.5, 0.6) is 0 Å². The summed E-state index contributed by atoms with van der Waals surface area (Å²) < 4.78 is 0. The van der Waals surface area contributed by atoms with Gasteiger partial charge in [-0.3, -0.25) is 14.8 Å². The molecule has 1 saturated heterocycles. The highest BCUT2D eigenvalue weighted by atomic mass is 16.2. The lowest BCUT2D eigenvalue weighted by molar-refractivity contribution is -0.132. The molecule has 0 atom stereocenters. The Morgan fingerprint density at radius 3 is 2.12 bits per heavy atom. The number of hydrogen-bond acceptors (Lipinski definition) is 3. The van der Waals surface area contributed by atoms with Crippen LogP contribution in [0.3, 0.4) is 0 Å². The first-order chi connectivity index (χ1) is 7.91. The Bertz CT molecular complexity index is 353. The summed E-state index contributed by atoms with van der Waals surface area (Å²) in [4.78, 5) is 20.4. The van der Waals surface area contributed by atoms with Gasteiger partial charge in [0.15, 0.2) is 0 Å². The monoisotopic (exact) mass is 235 g/mol. The molecule has 1 aromatic rings. The molecule has 1 amide bonds. The summed E-state index contributed by atoms with van der Waals surface area (Å²) in [5.74, 6) is 0.214. The SMILES string of the molecule is CC(=O)N1CCC1.CC(C)(C)c1cnccn1. The van der Waals surface area contributed by atoms with E-state index in [1.165, 1.54) is 6.42 Å². The third kappa shape index (κ3) is 4.51. The van der Waals surface area contributed by atoms with Crippen molar-refractivity contribution in [3.8, 4) is 0 Å². The first-order valence-corrected chi connectivity index (χ1v) is 5.93. The van der Waals surface area contributed by atoms with Crippen LogP contribution < -0.4 is 0 Å². The lowest BCUT2D eigenvalue weighted by Gasteiger charge is -2.29. The maximum absolute atomic E-state index is 10.4. The van der Waals surface area contributed by atoms with Crippen LogP contribution >= 0.6 is 0 Å². The Morgan fingerprint density at radius 1 is 1.29 bits per heavy atom. The number of amides is 1. The highest BCUT2D eigenvalue weighted by Crippen LogP contribution is 2.17. The minimum atomic E-state index is 0.119. The number of rotatable bonds is 0. The molecule has 0 bridgehead atoms. The lowest BCUT2D eigenvalue weighted by atomic mass is 9.93. The Labute approximate surface area is 103 Å². The maximum Gasteiger partial charge on any atom is 0.219 e. The number of likely N-dealkylation sites (tertiary alicyclic amines) is 1. The van der Waals surface area contributed by atoms with Crippen LogP contribution in [0.15, 0.2) is 18.6 Å². The van der Waals surface area contributed by atoms with Gasteiger partial charge in [0, 0.05) is 44.0 Å². The van der Waals surface area contributed by atoms with Crippen molar-refractivity contribution in [3.05, 3.63) is 24.3 Å². The molecular weight excluding hydrogens is 214 g/mol. The van der Waals surface area contributed by atoms with E-state index in [0.717, 1.165) is 18.8 Å². The van der Waals surface area contributed by atoms with E-state index >= 15 is 0 Å². The summed E-state index contributed by atoms with van der Waals surface area (Å²) in [5.41, 5.74) is 1.16. The van der Waals surface area contributed by atoms with Crippen LogP contribution in [-0.2, 0) is 10.2 Å². The quantitative estimate of drug-likeness (QED) is 0.691. The molecule has 1 aromatic heterocycles. The van der Waals surface area contributed by atoms with Gasteiger partial charge in [-0.05, 0) is 6.42 Å². The molecule has 0 spiro atoms. The summed E-state index contributed by atoms with van der Waals surface area (Å²) in [6.45, 7) is 9.94. The van der Waals surface area contributed by atoms with Crippen molar-refractivity contribution in [3.63, 3.8) is 0 Å². The van der Waals surface area contributed by atoms with Gasteiger partial charge < -0.3 is 4.90 Å². The fourth-order valence-electron chi connectivity index (χ4n) is 1.32. The normalized spacial score (nSPS) is 14.5. The summed E-state index contributed by atoms with van der Waals surface area (Å²) in [6, 6.07) is 0. The number of hydrogen-bond donors (Lipinski definition) is 0. The molecule has 0 N–H and O–H groups in total. The third-order valence-corrected chi connectivity index (χ3v) is 2.63. The smallest absolute Gasteiger partial charge is 0.219 e. The number of nitrogens with zero attached hydrogens (tertiary/aromatic N) is 3. The van der Waals surface area contributed by atoms with Crippen LogP contribution in [0.25, 0.3) is 0 Å². The largest absolute Gasteiger partial charge is 0.343 e. The van der Waals surface area contributed by atoms with Crippen LogP contribution in [0, 0.1) is 0 Å². The predicted molar refractivity (Wildman–Crippen MR) is 67.6 cm³/mol. The molecule has 0 aliphatic carbocycles. The first kappa shape index (κ1) is 13.6. The van der Waals surface area contributed by atoms with Gasteiger partial charge in [-0.25, -0.2) is 0 Å². The highest BCUT2D eigenvalue weighted by molar-refractivity contribution is 5.73. The fraction of sp³-hybridized carbons (Fsp3) is 0.615. The molecule has 4 heteroatoms. The van der Waals surface area contributed by atoms with Crippen LogP contribution in [-0.4, -0.2) is 33.9 Å². The standard InChI is InChI=1S/C8H12N2.C5H9NO/c1-8(2,3)7-6-9-4-5-10-7;1-5(7)6-3-2-4-6/h4-6H,1-3H3;2-4H2,1H3. The van der Waals surface area contributed by atoms with Gasteiger partial charge in [0.25, 0.3) is 0 Å². The zero-order valence-electron chi connectivity index (χ0n) is 11.1. The zero-order chi connectivity index (χ0) is 12.9. The lowest BCUT2D eigenvalue weighted by Crippen LogP contribution is -2.40. The van der Waals surface area contributed by atoms with E-state index in [0.29, 0.717) is 0 Å². The van der Waals surface area contributed by atoms with Gasteiger partial charge in [0.1, 0.15) is 0 Å². The number of aromatic nitrogens is 2. The zero-order valence-corrected chi connectivity index (χ0v) is 11.1. The molecule has 0 radical (unpaired) electrons. The van der Waals surface area contributed by atoms with Crippen LogP contribution in [0.2, 0.25) is 0 Å². The Kier molecular flexibility index (Phi) is 4.61. The molecule has 0 unspecified atom stereocenters. The van der Waals surface area contributed by atoms with Crippen molar-refractivity contribution >= 4 is 5.91 Å². The second-order valence-corrected chi connectivity index (χ2v) is 5.20. The average Bonchev–Trinajstić information content (AvgIpc) is 2.15. The summed E-state index contributed by atoms with van der Waals surface area (Å²) in [7, 11) is 0. The van der Waals surface area contributed by atoms with E-state index in [1.54, 1.807) is 25.5 Å². The molecular formula is C13H21N3O. The second-order valence-electron chi connectivity index (χ2n) is 5.20. The maximum atomic E-state index is 10.4. The molecule has 1 aliphatic rings. The molecule has 1 aliphatic heterocycles. The highest BCUT2D eigenvalue weighted by Gasteiger charge is 2.15. The van der Waals surface area contributed by atoms with E-state index in [4.69, 9.17) is 0 Å². The van der Waals surface area contributed by atoms with Crippen molar-refractivity contribution in [2.45, 2.75) is 39.5 Å². The van der Waals surface area contributed by atoms with Crippen molar-refractivity contribution in [1.82, 2.24) is 14.9 Å². The van der Waals surface area contributed by atoms with Gasteiger partial charge >= 0.3 is 0 Å². The molecule has 0 saturated carbocycles. The fourth-order valence-corrected chi connectivity index (χ4v) is 1.32. The van der Waals surface area contributed by atoms with Crippen molar-refractivity contribution in [1.29, 1.82) is 0 Å². The minimum Gasteiger partial charge on any atom is -0.343 e. The molecule has 2 rings (SSSR count). The molecule has 17 heavy (non-hydrogen) atoms. The molecule has 4 nitrogen and oxygen atoms in total. The molecule has 1 fully saturated rings.